The maximum Gasteiger partial charge on any atom is 0.141 e. The number of nitriles is 2. The van der Waals surface area contributed by atoms with Gasteiger partial charge >= 0.3 is 0 Å². The molecule has 2 aromatic carbocycles. The lowest BCUT2D eigenvalue weighted by molar-refractivity contribution is 0.624. The third-order valence-corrected chi connectivity index (χ3v) is 2.64. The van der Waals surface area contributed by atoms with E-state index < -0.39 is 5.82 Å². The Morgan fingerprint density at radius 1 is 1.05 bits per heavy atom. The highest BCUT2D eigenvalue weighted by atomic mass is 19.1. The van der Waals surface area contributed by atoms with Crippen molar-refractivity contribution in [1.82, 2.24) is 0 Å². The van der Waals surface area contributed by atoms with Crippen LogP contribution in [-0.4, -0.2) is 0 Å². The topological polar surface area (TPSA) is 59.6 Å². The molecule has 19 heavy (non-hydrogen) atoms. The largest absolute Gasteiger partial charge is 0.381 e. The van der Waals surface area contributed by atoms with Crippen LogP contribution in [0.3, 0.4) is 0 Å². The number of halogens is 1. The van der Waals surface area contributed by atoms with Crippen LogP contribution in [0.15, 0.2) is 42.5 Å². The fourth-order valence-corrected chi connectivity index (χ4v) is 1.68. The van der Waals surface area contributed by atoms with Crippen LogP contribution in [0, 0.1) is 28.5 Å². The fraction of sp³-hybridized carbons (Fsp3) is 0.0667. The highest BCUT2D eigenvalue weighted by molar-refractivity contribution is 5.50. The molecule has 0 spiro atoms. The molecule has 4 heteroatoms. The van der Waals surface area contributed by atoms with Crippen LogP contribution in [0.2, 0.25) is 0 Å². The molecule has 0 atom stereocenters. The summed E-state index contributed by atoms with van der Waals surface area (Å²) in [6.45, 7) is 0.506. The summed E-state index contributed by atoms with van der Waals surface area (Å²) in [5.74, 6) is -0.528. The van der Waals surface area contributed by atoms with E-state index in [9.17, 15) is 4.39 Å². The van der Waals surface area contributed by atoms with Crippen molar-refractivity contribution >= 4 is 5.69 Å². The first-order valence-corrected chi connectivity index (χ1v) is 5.65. The van der Waals surface area contributed by atoms with Crippen molar-refractivity contribution in [3.8, 4) is 12.1 Å². The molecule has 2 aromatic rings. The van der Waals surface area contributed by atoms with E-state index in [1.165, 1.54) is 12.1 Å². The van der Waals surface area contributed by atoms with Gasteiger partial charge in [-0.1, -0.05) is 12.1 Å². The third-order valence-electron chi connectivity index (χ3n) is 2.64. The van der Waals surface area contributed by atoms with Gasteiger partial charge < -0.3 is 5.32 Å². The van der Waals surface area contributed by atoms with Crippen molar-refractivity contribution in [3.05, 3.63) is 65.0 Å². The van der Waals surface area contributed by atoms with E-state index in [1.807, 2.05) is 6.07 Å². The minimum atomic E-state index is -0.528. The van der Waals surface area contributed by atoms with Crippen LogP contribution in [0.1, 0.15) is 16.7 Å². The highest BCUT2D eigenvalue weighted by Gasteiger charge is 2.02. The Kier molecular flexibility index (Phi) is 3.75. The molecular formula is C15H10FN3. The van der Waals surface area contributed by atoms with Crippen LogP contribution in [-0.2, 0) is 6.54 Å². The standard InChI is InChI=1S/C15H10FN3/c16-15-5-4-14(7-13(15)9-18)19-10-12-3-1-2-11(6-12)8-17/h1-7,19H,10H2. The van der Waals surface area contributed by atoms with Gasteiger partial charge in [0, 0.05) is 12.2 Å². The van der Waals surface area contributed by atoms with E-state index in [-0.39, 0.29) is 5.56 Å². The molecule has 0 saturated carbocycles. The molecule has 0 heterocycles. The lowest BCUT2D eigenvalue weighted by Crippen LogP contribution is -2.00. The van der Waals surface area contributed by atoms with E-state index in [0.717, 1.165) is 5.56 Å². The first-order valence-electron chi connectivity index (χ1n) is 5.65. The van der Waals surface area contributed by atoms with Gasteiger partial charge in [-0.15, -0.1) is 0 Å². The zero-order valence-electron chi connectivity index (χ0n) is 10.0. The molecule has 0 aliphatic rings. The van der Waals surface area contributed by atoms with Gasteiger partial charge in [0.1, 0.15) is 11.9 Å². The van der Waals surface area contributed by atoms with Crippen molar-refractivity contribution in [2.24, 2.45) is 0 Å². The van der Waals surface area contributed by atoms with Gasteiger partial charge in [-0.2, -0.15) is 10.5 Å². The predicted molar refractivity (Wildman–Crippen MR) is 69.6 cm³/mol. The number of rotatable bonds is 3. The van der Waals surface area contributed by atoms with Gasteiger partial charge in [0.2, 0.25) is 0 Å². The Morgan fingerprint density at radius 3 is 2.63 bits per heavy atom. The smallest absolute Gasteiger partial charge is 0.141 e. The summed E-state index contributed by atoms with van der Waals surface area (Å²) in [5, 5.41) is 20.6. The molecule has 3 nitrogen and oxygen atoms in total. The third kappa shape index (κ3) is 3.08. The first-order chi connectivity index (χ1) is 9.22. The van der Waals surface area contributed by atoms with Gasteiger partial charge in [-0.3, -0.25) is 0 Å². The Hall–Kier alpha value is -2.85. The summed E-state index contributed by atoms with van der Waals surface area (Å²) in [7, 11) is 0. The lowest BCUT2D eigenvalue weighted by atomic mass is 10.1. The number of hydrogen-bond acceptors (Lipinski definition) is 3. The predicted octanol–water partition coefficient (Wildman–Crippen LogP) is 3.18. The number of anilines is 1. The molecule has 0 unspecified atom stereocenters. The maximum absolute atomic E-state index is 13.1. The van der Waals surface area contributed by atoms with Crippen LogP contribution in [0.4, 0.5) is 10.1 Å². The molecule has 2 rings (SSSR count). The molecule has 0 aliphatic carbocycles. The number of hydrogen-bond donors (Lipinski definition) is 1. The summed E-state index contributed by atoms with van der Waals surface area (Å²) in [5.41, 5.74) is 2.22. The highest BCUT2D eigenvalue weighted by Crippen LogP contribution is 2.15. The molecule has 0 amide bonds. The van der Waals surface area contributed by atoms with Gasteiger partial charge in [-0.05, 0) is 35.9 Å². The maximum atomic E-state index is 13.1. The van der Waals surface area contributed by atoms with E-state index >= 15 is 0 Å². The van der Waals surface area contributed by atoms with Gasteiger partial charge in [0.25, 0.3) is 0 Å². The van der Waals surface area contributed by atoms with Crippen LogP contribution < -0.4 is 5.32 Å². The van der Waals surface area contributed by atoms with Gasteiger partial charge in [-0.25, -0.2) is 4.39 Å². The summed E-state index contributed by atoms with van der Waals surface area (Å²) in [6, 6.07) is 15.4. The lowest BCUT2D eigenvalue weighted by Gasteiger charge is -2.07. The minimum Gasteiger partial charge on any atom is -0.381 e. The molecule has 0 bridgehead atoms. The van der Waals surface area contributed by atoms with E-state index in [0.29, 0.717) is 17.8 Å². The monoisotopic (exact) mass is 251 g/mol. The Morgan fingerprint density at radius 2 is 1.89 bits per heavy atom. The van der Waals surface area contributed by atoms with E-state index in [4.69, 9.17) is 10.5 Å². The Balaban J connectivity index is 2.11. The average Bonchev–Trinajstić information content (AvgIpc) is 2.46. The van der Waals surface area contributed by atoms with Crippen molar-refractivity contribution in [1.29, 1.82) is 10.5 Å². The molecule has 92 valence electrons. The second-order valence-corrected chi connectivity index (χ2v) is 3.97. The zero-order chi connectivity index (χ0) is 13.7. The van der Waals surface area contributed by atoms with E-state index in [1.54, 1.807) is 30.3 Å². The fourth-order valence-electron chi connectivity index (χ4n) is 1.68. The van der Waals surface area contributed by atoms with Crippen LogP contribution in [0.25, 0.3) is 0 Å². The summed E-state index contributed by atoms with van der Waals surface area (Å²) in [4.78, 5) is 0. The van der Waals surface area contributed by atoms with Crippen molar-refractivity contribution < 1.29 is 4.39 Å². The second-order valence-electron chi connectivity index (χ2n) is 3.97. The summed E-state index contributed by atoms with van der Waals surface area (Å²) < 4.78 is 13.1. The van der Waals surface area contributed by atoms with Crippen molar-refractivity contribution in [3.63, 3.8) is 0 Å². The molecule has 1 N–H and O–H groups in total. The molecular weight excluding hydrogens is 241 g/mol. The Bertz CT molecular complexity index is 681. The first kappa shape index (κ1) is 12.6. The van der Waals surface area contributed by atoms with Gasteiger partial charge in [0.05, 0.1) is 17.2 Å². The summed E-state index contributed by atoms with van der Waals surface area (Å²) in [6.07, 6.45) is 0. The van der Waals surface area contributed by atoms with Crippen molar-refractivity contribution in [2.45, 2.75) is 6.54 Å². The summed E-state index contributed by atoms with van der Waals surface area (Å²) >= 11 is 0. The molecule has 0 aliphatic heterocycles. The minimum absolute atomic E-state index is 0.00998. The number of benzene rings is 2. The van der Waals surface area contributed by atoms with Crippen molar-refractivity contribution in [2.75, 3.05) is 5.32 Å². The molecule has 0 radical (unpaired) electrons. The molecule has 0 saturated heterocycles. The Labute approximate surface area is 110 Å². The normalized spacial score (nSPS) is 9.42. The number of nitrogens with zero attached hydrogens (tertiary/aromatic N) is 2. The van der Waals surface area contributed by atoms with E-state index in [2.05, 4.69) is 11.4 Å². The zero-order valence-corrected chi connectivity index (χ0v) is 10.0. The molecule has 0 fully saturated rings. The van der Waals surface area contributed by atoms with Crippen LogP contribution >= 0.6 is 0 Å². The molecule has 0 aromatic heterocycles. The average molecular weight is 251 g/mol. The quantitative estimate of drug-likeness (QED) is 0.911. The van der Waals surface area contributed by atoms with Gasteiger partial charge in [0.15, 0.2) is 0 Å². The number of nitrogens with one attached hydrogen (secondary N) is 1. The van der Waals surface area contributed by atoms with Crippen LogP contribution in [0.5, 0.6) is 0 Å². The second kappa shape index (κ2) is 5.66. The SMILES string of the molecule is N#Cc1cccc(CNc2ccc(F)c(C#N)c2)c1.